The molecule has 0 aliphatic rings. The minimum absolute atomic E-state index is 0.572. The summed E-state index contributed by atoms with van der Waals surface area (Å²) in [7, 11) is 3.13. The number of pyridine rings is 1. The Kier molecular flexibility index (Phi) is 4.02. The molecule has 2 rings (SSSR count). The summed E-state index contributed by atoms with van der Waals surface area (Å²) in [4.78, 5) is 4.34. The Bertz CT molecular complexity index is 547. The molecule has 0 fully saturated rings. The quantitative estimate of drug-likeness (QED) is 0.916. The molecule has 4 nitrogen and oxygen atoms in total. The van der Waals surface area contributed by atoms with Crippen molar-refractivity contribution in [3.8, 4) is 11.5 Å². The van der Waals surface area contributed by atoms with Gasteiger partial charge in [-0.15, -0.1) is 0 Å². The number of hydrogen-bond acceptors (Lipinski definition) is 4. The van der Waals surface area contributed by atoms with Crippen molar-refractivity contribution in [2.45, 2.75) is 13.0 Å². The summed E-state index contributed by atoms with van der Waals surface area (Å²) in [6.45, 7) is 1.88. The first-order valence-electron chi connectivity index (χ1n) is 6.00. The molecule has 1 N–H and O–H groups in total. The van der Waals surface area contributed by atoms with Crippen molar-refractivity contribution < 1.29 is 14.6 Å². The maximum absolute atomic E-state index is 10.5. The largest absolute Gasteiger partial charge is 0.496 e. The van der Waals surface area contributed by atoms with E-state index in [2.05, 4.69) is 4.98 Å². The smallest absolute Gasteiger partial charge is 0.128 e. The van der Waals surface area contributed by atoms with E-state index < -0.39 is 6.10 Å². The Balaban J connectivity index is 2.51. The lowest BCUT2D eigenvalue weighted by molar-refractivity contribution is 0.204. The Hall–Kier alpha value is -2.07. The lowest BCUT2D eigenvalue weighted by Gasteiger charge is -2.17. The van der Waals surface area contributed by atoms with Crippen LogP contribution in [0.2, 0.25) is 0 Å². The van der Waals surface area contributed by atoms with Crippen molar-refractivity contribution in [1.29, 1.82) is 0 Å². The molecule has 1 heterocycles. The first kappa shape index (κ1) is 13.4. The molecule has 1 aromatic heterocycles. The summed E-state index contributed by atoms with van der Waals surface area (Å²) in [5.74, 6) is 1.16. The number of aromatic nitrogens is 1. The summed E-state index contributed by atoms with van der Waals surface area (Å²) in [6.07, 6.45) is -0.883. The van der Waals surface area contributed by atoms with Gasteiger partial charge in [0.05, 0.1) is 25.5 Å². The number of aliphatic hydroxyl groups excluding tert-OH is 1. The number of benzene rings is 1. The summed E-state index contributed by atoms with van der Waals surface area (Å²) < 4.78 is 10.6. The summed E-state index contributed by atoms with van der Waals surface area (Å²) in [5, 5.41) is 10.5. The Labute approximate surface area is 112 Å². The van der Waals surface area contributed by atoms with Crippen molar-refractivity contribution in [3.63, 3.8) is 0 Å². The van der Waals surface area contributed by atoms with Crippen molar-refractivity contribution in [2.24, 2.45) is 0 Å². The van der Waals surface area contributed by atoms with Crippen LogP contribution in [0.5, 0.6) is 11.5 Å². The van der Waals surface area contributed by atoms with E-state index in [0.29, 0.717) is 22.8 Å². The van der Waals surface area contributed by atoms with E-state index in [-0.39, 0.29) is 0 Å². The van der Waals surface area contributed by atoms with Gasteiger partial charge in [-0.1, -0.05) is 12.1 Å². The molecule has 0 amide bonds. The van der Waals surface area contributed by atoms with E-state index in [1.54, 1.807) is 32.4 Å². The van der Waals surface area contributed by atoms with E-state index in [1.807, 2.05) is 25.1 Å². The molecule has 1 aromatic carbocycles. The zero-order valence-corrected chi connectivity index (χ0v) is 11.3. The van der Waals surface area contributed by atoms with Gasteiger partial charge in [0.25, 0.3) is 0 Å². The fraction of sp³-hybridized carbons (Fsp3) is 0.267. The van der Waals surface area contributed by atoms with Crippen molar-refractivity contribution in [2.75, 3.05) is 14.2 Å². The molecule has 100 valence electrons. The van der Waals surface area contributed by atoms with Gasteiger partial charge in [-0.05, 0) is 31.2 Å². The molecular weight excluding hydrogens is 242 g/mol. The van der Waals surface area contributed by atoms with Gasteiger partial charge in [-0.3, -0.25) is 4.98 Å². The molecule has 0 spiro atoms. The van der Waals surface area contributed by atoms with Crippen molar-refractivity contribution in [3.05, 3.63) is 53.3 Å². The van der Waals surface area contributed by atoms with Crippen LogP contribution in [0.25, 0.3) is 0 Å². The molecule has 0 saturated heterocycles. The summed E-state index contributed by atoms with van der Waals surface area (Å²) in [6, 6.07) is 10.9. The van der Waals surface area contributed by atoms with E-state index in [4.69, 9.17) is 9.47 Å². The fourth-order valence-electron chi connectivity index (χ4n) is 2.01. The third-order valence-electron chi connectivity index (χ3n) is 2.93. The Morgan fingerprint density at radius 3 is 2.11 bits per heavy atom. The second kappa shape index (κ2) is 5.71. The third kappa shape index (κ3) is 2.69. The molecule has 4 heteroatoms. The van der Waals surface area contributed by atoms with Gasteiger partial charge in [-0.25, -0.2) is 0 Å². The number of aliphatic hydroxyl groups is 1. The van der Waals surface area contributed by atoms with Crippen molar-refractivity contribution in [1.82, 2.24) is 4.98 Å². The molecule has 0 aliphatic carbocycles. The van der Waals surface area contributed by atoms with Crippen LogP contribution in [0.4, 0.5) is 0 Å². The highest BCUT2D eigenvalue weighted by Gasteiger charge is 2.21. The predicted molar refractivity (Wildman–Crippen MR) is 72.6 cm³/mol. The van der Waals surface area contributed by atoms with Gasteiger partial charge in [0.15, 0.2) is 0 Å². The monoisotopic (exact) mass is 259 g/mol. The third-order valence-corrected chi connectivity index (χ3v) is 2.93. The highest BCUT2D eigenvalue weighted by molar-refractivity contribution is 5.48. The minimum atomic E-state index is -0.883. The lowest BCUT2D eigenvalue weighted by atomic mass is 10.0. The number of methoxy groups -OCH3 is 2. The molecule has 0 saturated carbocycles. The maximum Gasteiger partial charge on any atom is 0.128 e. The van der Waals surface area contributed by atoms with Crippen LogP contribution in [-0.2, 0) is 0 Å². The molecule has 0 radical (unpaired) electrons. The lowest BCUT2D eigenvalue weighted by Crippen LogP contribution is -2.07. The minimum Gasteiger partial charge on any atom is -0.496 e. The maximum atomic E-state index is 10.5. The zero-order chi connectivity index (χ0) is 13.8. The van der Waals surface area contributed by atoms with Gasteiger partial charge in [0.2, 0.25) is 0 Å². The van der Waals surface area contributed by atoms with Gasteiger partial charge in [0, 0.05) is 5.69 Å². The average molecular weight is 259 g/mol. The van der Waals surface area contributed by atoms with Crippen molar-refractivity contribution >= 4 is 0 Å². The van der Waals surface area contributed by atoms with Crippen LogP contribution in [-0.4, -0.2) is 24.3 Å². The molecule has 0 bridgehead atoms. The van der Waals surface area contributed by atoms with E-state index >= 15 is 0 Å². The highest BCUT2D eigenvalue weighted by atomic mass is 16.5. The molecule has 19 heavy (non-hydrogen) atoms. The summed E-state index contributed by atoms with van der Waals surface area (Å²) in [5.41, 5.74) is 2.01. The van der Waals surface area contributed by atoms with Crippen LogP contribution >= 0.6 is 0 Å². The topological polar surface area (TPSA) is 51.6 Å². The van der Waals surface area contributed by atoms with Crippen LogP contribution in [0, 0.1) is 6.92 Å². The number of aryl methyl sites for hydroxylation is 1. The molecular formula is C15H17NO3. The number of hydrogen-bond donors (Lipinski definition) is 1. The van der Waals surface area contributed by atoms with Crippen LogP contribution in [0.3, 0.4) is 0 Å². The second-order valence-corrected chi connectivity index (χ2v) is 4.18. The van der Waals surface area contributed by atoms with Gasteiger partial charge < -0.3 is 14.6 Å². The predicted octanol–water partition coefficient (Wildman–Crippen LogP) is 2.49. The van der Waals surface area contributed by atoms with Gasteiger partial charge in [-0.2, -0.15) is 0 Å². The van der Waals surface area contributed by atoms with E-state index in [9.17, 15) is 5.11 Å². The average Bonchev–Trinajstić information content (AvgIpc) is 2.45. The SMILES string of the molecule is COc1cccc(OC)c1C(O)c1cccc(C)n1. The van der Waals surface area contributed by atoms with Gasteiger partial charge in [0.1, 0.15) is 17.6 Å². The number of nitrogens with zero attached hydrogens (tertiary/aromatic N) is 1. The fourth-order valence-corrected chi connectivity index (χ4v) is 2.01. The van der Waals surface area contributed by atoms with Crippen LogP contribution in [0.1, 0.15) is 23.1 Å². The zero-order valence-electron chi connectivity index (χ0n) is 11.3. The van der Waals surface area contributed by atoms with Crippen LogP contribution < -0.4 is 9.47 Å². The van der Waals surface area contributed by atoms with E-state index in [0.717, 1.165) is 5.69 Å². The van der Waals surface area contributed by atoms with Gasteiger partial charge >= 0.3 is 0 Å². The standard InChI is InChI=1S/C15H17NO3/c1-10-6-4-7-11(16-10)15(17)14-12(18-2)8-5-9-13(14)19-3/h4-9,15,17H,1-3H3. The first-order valence-corrected chi connectivity index (χ1v) is 6.00. The molecule has 1 unspecified atom stereocenters. The molecule has 1 atom stereocenters. The number of ether oxygens (including phenoxy) is 2. The van der Waals surface area contributed by atoms with E-state index in [1.165, 1.54) is 0 Å². The molecule has 0 aliphatic heterocycles. The Morgan fingerprint density at radius 1 is 1.00 bits per heavy atom. The number of rotatable bonds is 4. The molecule has 2 aromatic rings. The highest BCUT2D eigenvalue weighted by Crippen LogP contribution is 2.36. The van der Waals surface area contributed by atoms with Crippen LogP contribution in [0.15, 0.2) is 36.4 Å². The summed E-state index contributed by atoms with van der Waals surface area (Å²) >= 11 is 0. The Morgan fingerprint density at radius 2 is 1.58 bits per heavy atom. The second-order valence-electron chi connectivity index (χ2n) is 4.18. The normalized spacial score (nSPS) is 12.0. The first-order chi connectivity index (χ1) is 9.17.